The summed E-state index contributed by atoms with van der Waals surface area (Å²) in [5.74, 6) is 0.819. The highest BCUT2D eigenvalue weighted by atomic mass is 16.1. The zero-order chi connectivity index (χ0) is 16.7. The van der Waals surface area contributed by atoms with E-state index >= 15 is 0 Å². The SMILES string of the molecule is Cc1ccc(-n2ncc(C(=O)NC3CCn4ccnc43)c2C)cc1. The molecule has 0 fully saturated rings. The van der Waals surface area contributed by atoms with Gasteiger partial charge in [-0.3, -0.25) is 4.79 Å². The number of nitrogens with zero attached hydrogens (tertiary/aromatic N) is 4. The number of amides is 1. The van der Waals surface area contributed by atoms with E-state index in [1.54, 1.807) is 17.1 Å². The fourth-order valence-corrected chi connectivity index (χ4v) is 3.17. The number of aromatic nitrogens is 4. The largest absolute Gasteiger partial charge is 0.342 e. The Balaban J connectivity index is 1.57. The molecule has 0 aliphatic carbocycles. The predicted molar refractivity (Wildman–Crippen MR) is 90.1 cm³/mol. The molecular weight excluding hydrogens is 302 g/mol. The number of carbonyl (C=O) groups excluding carboxylic acids is 1. The Labute approximate surface area is 140 Å². The average Bonchev–Trinajstić information content (AvgIpc) is 3.26. The van der Waals surface area contributed by atoms with Crippen LogP contribution in [0, 0.1) is 13.8 Å². The van der Waals surface area contributed by atoms with Crippen LogP contribution >= 0.6 is 0 Å². The van der Waals surface area contributed by atoms with Crippen LogP contribution in [0.2, 0.25) is 0 Å². The Morgan fingerprint density at radius 1 is 1.25 bits per heavy atom. The minimum absolute atomic E-state index is 0.0328. The average molecular weight is 321 g/mol. The normalized spacial score (nSPS) is 16.2. The maximum absolute atomic E-state index is 12.7. The smallest absolute Gasteiger partial charge is 0.255 e. The zero-order valence-corrected chi connectivity index (χ0v) is 13.7. The van der Waals surface area contributed by atoms with Crippen LogP contribution in [0.5, 0.6) is 0 Å². The molecule has 1 N–H and O–H groups in total. The molecule has 1 aromatic carbocycles. The molecule has 6 heteroatoms. The van der Waals surface area contributed by atoms with Crippen molar-refractivity contribution in [2.75, 3.05) is 0 Å². The number of nitrogens with one attached hydrogen (secondary N) is 1. The molecule has 3 heterocycles. The summed E-state index contributed by atoms with van der Waals surface area (Å²) >= 11 is 0. The molecule has 4 rings (SSSR count). The number of carbonyl (C=O) groups is 1. The second-order valence-electron chi connectivity index (χ2n) is 6.18. The van der Waals surface area contributed by atoms with Crippen molar-refractivity contribution in [2.24, 2.45) is 0 Å². The third-order valence-corrected chi connectivity index (χ3v) is 4.56. The minimum atomic E-state index is -0.104. The van der Waals surface area contributed by atoms with Gasteiger partial charge in [0.1, 0.15) is 5.82 Å². The van der Waals surface area contributed by atoms with Crippen LogP contribution in [0.25, 0.3) is 5.69 Å². The van der Waals surface area contributed by atoms with Gasteiger partial charge < -0.3 is 9.88 Å². The highest BCUT2D eigenvalue weighted by Crippen LogP contribution is 2.24. The first-order chi connectivity index (χ1) is 11.6. The van der Waals surface area contributed by atoms with Gasteiger partial charge in [0, 0.05) is 18.9 Å². The first-order valence-corrected chi connectivity index (χ1v) is 8.07. The van der Waals surface area contributed by atoms with E-state index in [9.17, 15) is 4.79 Å². The molecule has 2 aromatic heterocycles. The van der Waals surface area contributed by atoms with Crippen molar-refractivity contribution in [3.8, 4) is 5.69 Å². The zero-order valence-electron chi connectivity index (χ0n) is 13.7. The van der Waals surface area contributed by atoms with Crippen molar-refractivity contribution in [3.63, 3.8) is 0 Å². The van der Waals surface area contributed by atoms with Gasteiger partial charge in [0.2, 0.25) is 0 Å². The predicted octanol–water partition coefficient (Wildman–Crippen LogP) is 2.56. The summed E-state index contributed by atoms with van der Waals surface area (Å²) in [6.45, 7) is 4.85. The van der Waals surface area contributed by atoms with Gasteiger partial charge in [-0.05, 0) is 32.4 Å². The number of rotatable bonds is 3. The summed E-state index contributed by atoms with van der Waals surface area (Å²) in [5, 5.41) is 7.46. The van der Waals surface area contributed by atoms with Crippen molar-refractivity contribution >= 4 is 5.91 Å². The highest BCUT2D eigenvalue weighted by Gasteiger charge is 2.26. The van der Waals surface area contributed by atoms with E-state index in [2.05, 4.69) is 20.0 Å². The molecule has 0 saturated carbocycles. The van der Waals surface area contributed by atoms with E-state index in [4.69, 9.17) is 0 Å². The van der Waals surface area contributed by atoms with E-state index in [1.165, 1.54) is 5.56 Å². The lowest BCUT2D eigenvalue weighted by Crippen LogP contribution is -2.28. The molecule has 1 atom stereocenters. The molecule has 0 spiro atoms. The van der Waals surface area contributed by atoms with Crippen LogP contribution in [0.3, 0.4) is 0 Å². The van der Waals surface area contributed by atoms with E-state index in [1.807, 2.05) is 44.3 Å². The van der Waals surface area contributed by atoms with Gasteiger partial charge >= 0.3 is 0 Å². The highest BCUT2D eigenvalue weighted by molar-refractivity contribution is 5.95. The number of imidazole rings is 1. The summed E-state index contributed by atoms with van der Waals surface area (Å²) in [6, 6.07) is 8.05. The molecule has 1 aliphatic rings. The monoisotopic (exact) mass is 321 g/mol. The summed E-state index contributed by atoms with van der Waals surface area (Å²) < 4.78 is 3.87. The maximum atomic E-state index is 12.7. The van der Waals surface area contributed by atoms with Gasteiger partial charge in [-0.2, -0.15) is 5.10 Å². The lowest BCUT2D eigenvalue weighted by molar-refractivity contribution is 0.0935. The second kappa shape index (κ2) is 5.63. The molecule has 3 aromatic rings. The Bertz CT molecular complexity index is 891. The Morgan fingerprint density at radius 2 is 2.04 bits per heavy atom. The van der Waals surface area contributed by atoms with Gasteiger partial charge in [-0.1, -0.05) is 17.7 Å². The first kappa shape index (κ1) is 14.7. The number of fused-ring (bicyclic) bond motifs is 1. The maximum Gasteiger partial charge on any atom is 0.255 e. The Morgan fingerprint density at radius 3 is 2.83 bits per heavy atom. The molecule has 1 amide bonds. The molecule has 0 saturated heterocycles. The quantitative estimate of drug-likeness (QED) is 0.806. The van der Waals surface area contributed by atoms with Gasteiger partial charge in [-0.15, -0.1) is 0 Å². The molecule has 122 valence electrons. The lowest BCUT2D eigenvalue weighted by atomic mass is 10.2. The molecule has 6 nitrogen and oxygen atoms in total. The first-order valence-electron chi connectivity index (χ1n) is 8.07. The van der Waals surface area contributed by atoms with Crippen molar-refractivity contribution in [2.45, 2.75) is 32.9 Å². The summed E-state index contributed by atoms with van der Waals surface area (Å²) in [7, 11) is 0. The van der Waals surface area contributed by atoms with Crippen LogP contribution in [-0.2, 0) is 6.54 Å². The van der Waals surface area contributed by atoms with Crippen LogP contribution in [0.4, 0.5) is 0 Å². The van der Waals surface area contributed by atoms with Crippen LogP contribution in [0.15, 0.2) is 42.9 Å². The second-order valence-corrected chi connectivity index (χ2v) is 6.18. The van der Waals surface area contributed by atoms with Gasteiger partial charge in [0.05, 0.1) is 29.2 Å². The lowest BCUT2D eigenvalue weighted by Gasteiger charge is -2.11. The van der Waals surface area contributed by atoms with Gasteiger partial charge in [-0.25, -0.2) is 9.67 Å². The van der Waals surface area contributed by atoms with Crippen molar-refractivity contribution < 1.29 is 4.79 Å². The molecule has 0 bridgehead atoms. The van der Waals surface area contributed by atoms with Crippen molar-refractivity contribution in [1.82, 2.24) is 24.6 Å². The molecule has 24 heavy (non-hydrogen) atoms. The third kappa shape index (κ3) is 2.40. The summed E-state index contributed by atoms with van der Waals surface area (Å²) in [6.07, 6.45) is 6.22. The van der Waals surface area contributed by atoms with Crippen LogP contribution < -0.4 is 5.32 Å². The van der Waals surface area contributed by atoms with E-state index in [0.29, 0.717) is 5.56 Å². The Kier molecular flexibility index (Phi) is 3.45. The number of benzene rings is 1. The molecule has 0 radical (unpaired) electrons. The summed E-state index contributed by atoms with van der Waals surface area (Å²) in [5.41, 5.74) is 3.57. The molecule has 1 unspecified atom stereocenters. The van der Waals surface area contributed by atoms with Crippen molar-refractivity contribution in [1.29, 1.82) is 0 Å². The molecule has 1 aliphatic heterocycles. The summed E-state index contributed by atoms with van der Waals surface area (Å²) in [4.78, 5) is 17.0. The fraction of sp³-hybridized carbons (Fsp3) is 0.278. The number of hydrogen-bond acceptors (Lipinski definition) is 3. The number of hydrogen-bond donors (Lipinski definition) is 1. The fourth-order valence-electron chi connectivity index (χ4n) is 3.17. The van der Waals surface area contributed by atoms with E-state index in [0.717, 1.165) is 30.2 Å². The van der Waals surface area contributed by atoms with Gasteiger partial charge in [0.25, 0.3) is 5.91 Å². The number of aryl methyl sites for hydroxylation is 2. The van der Waals surface area contributed by atoms with E-state index < -0.39 is 0 Å². The molecular formula is C18H19N5O. The third-order valence-electron chi connectivity index (χ3n) is 4.56. The topological polar surface area (TPSA) is 64.7 Å². The van der Waals surface area contributed by atoms with Gasteiger partial charge in [0.15, 0.2) is 0 Å². The Hall–Kier alpha value is -2.89. The standard InChI is InChI=1S/C18H19N5O/c1-12-3-5-14(6-4-12)23-13(2)15(11-20-23)18(24)21-16-7-9-22-10-8-19-17(16)22/h3-6,8,10-11,16H,7,9H2,1-2H3,(H,21,24). The van der Waals surface area contributed by atoms with Crippen LogP contribution in [0.1, 0.15) is 39.9 Å². The van der Waals surface area contributed by atoms with Crippen molar-refractivity contribution in [3.05, 3.63) is 65.5 Å². The minimum Gasteiger partial charge on any atom is -0.342 e. The van der Waals surface area contributed by atoms with Crippen LogP contribution in [-0.4, -0.2) is 25.2 Å². The van der Waals surface area contributed by atoms with E-state index in [-0.39, 0.29) is 11.9 Å².